The largest absolute Gasteiger partial charge is 0.319 e. The highest BCUT2D eigenvalue weighted by Gasteiger charge is 2.03. The van der Waals surface area contributed by atoms with Crippen LogP contribution in [0.25, 0.3) is 10.4 Å². The van der Waals surface area contributed by atoms with Crippen LogP contribution in [0.4, 0.5) is 0 Å². The Balaban J connectivity index is 2.14. The lowest BCUT2D eigenvalue weighted by molar-refractivity contribution is 0.787. The minimum atomic E-state index is 0.972. The molecule has 0 aromatic carbocycles. The highest BCUT2D eigenvalue weighted by molar-refractivity contribution is 7.15. The summed E-state index contributed by atoms with van der Waals surface area (Å²) in [6, 6.07) is 4.00. The molecule has 0 aliphatic carbocycles. The Morgan fingerprint density at radius 3 is 3.07 bits per heavy atom. The van der Waals surface area contributed by atoms with E-state index >= 15 is 0 Å². The second kappa shape index (κ2) is 5.00. The first-order valence-electron chi connectivity index (χ1n) is 4.90. The Morgan fingerprint density at radius 1 is 1.40 bits per heavy atom. The van der Waals surface area contributed by atoms with E-state index in [0.29, 0.717) is 0 Å². The fourth-order valence-electron chi connectivity index (χ4n) is 1.30. The normalized spacial score (nSPS) is 10.5. The maximum Gasteiger partial charge on any atom is 0.0943 e. The summed E-state index contributed by atoms with van der Waals surface area (Å²) in [6.07, 6.45) is 6.57. The molecule has 0 aliphatic rings. The van der Waals surface area contributed by atoms with E-state index < -0.39 is 0 Å². The quantitative estimate of drug-likeness (QED) is 0.854. The molecular formula is C11H13N3S. The standard InChI is InChI=1S/C11H13N3S/c1-12-6-4-11-14-8-10(15-11)9-3-2-5-13-7-9/h2-3,5,7-8,12H,4,6H2,1H3. The van der Waals surface area contributed by atoms with Gasteiger partial charge in [-0.3, -0.25) is 4.98 Å². The predicted octanol–water partition coefficient (Wildman–Crippen LogP) is 1.97. The molecule has 3 nitrogen and oxygen atoms in total. The highest BCUT2D eigenvalue weighted by Crippen LogP contribution is 2.25. The summed E-state index contributed by atoms with van der Waals surface area (Å²) in [7, 11) is 1.95. The molecule has 78 valence electrons. The van der Waals surface area contributed by atoms with E-state index in [-0.39, 0.29) is 0 Å². The maximum absolute atomic E-state index is 4.38. The van der Waals surface area contributed by atoms with Gasteiger partial charge in [-0.05, 0) is 13.1 Å². The molecule has 2 rings (SSSR count). The number of aromatic nitrogens is 2. The Labute approximate surface area is 93.2 Å². The third-order valence-corrected chi connectivity index (χ3v) is 3.19. The van der Waals surface area contributed by atoms with Crippen molar-refractivity contribution >= 4 is 11.3 Å². The van der Waals surface area contributed by atoms with Gasteiger partial charge >= 0.3 is 0 Å². The predicted molar refractivity (Wildman–Crippen MR) is 63.0 cm³/mol. The van der Waals surface area contributed by atoms with E-state index in [1.807, 2.05) is 25.5 Å². The van der Waals surface area contributed by atoms with Crippen molar-refractivity contribution in [2.45, 2.75) is 6.42 Å². The molecule has 0 spiro atoms. The van der Waals surface area contributed by atoms with Gasteiger partial charge in [0, 0.05) is 37.1 Å². The first-order chi connectivity index (χ1) is 7.40. The summed E-state index contributed by atoms with van der Waals surface area (Å²) < 4.78 is 0. The van der Waals surface area contributed by atoms with Crippen molar-refractivity contribution in [1.29, 1.82) is 0 Å². The Bertz CT molecular complexity index is 411. The van der Waals surface area contributed by atoms with Gasteiger partial charge in [-0.25, -0.2) is 4.98 Å². The molecule has 0 radical (unpaired) electrons. The highest BCUT2D eigenvalue weighted by atomic mass is 32.1. The fourth-order valence-corrected chi connectivity index (χ4v) is 2.21. The van der Waals surface area contributed by atoms with Crippen LogP contribution in [-0.2, 0) is 6.42 Å². The average Bonchev–Trinajstić information content (AvgIpc) is 2.76. The van der Waals surface area contributed by atoms with Crippen LogP contribution in [0.5, 0.6) is 0 Å². The Morgan fingerprint density at radius 2 is 2.33 bits per heavy atom. The molecule has 15 heavy (non-hydrogen) atoms. The summed E-state index contributed by atoms with van der Waals surface area (Å²) in [5.41, 5.74) is 1.14. The molecular weight excluding hydrogens is 206 g/mol. The minimum Gasteiger partial charge on any atom is -0.319 e. The Hall–Kier alpha value is -1.26. The smallest absolute Gasteiger partial charge is 0.0943 e. The zero-order valence-corrected chi connectivity index (χ0v) is 9.42. The van der Waals surface area contributed by atoms with Crippen molar-refractivity contribution < 1.29 is 0 Å². The van der Waals surface area contributed by atoms with Gasteiger partial charge in [0.2, 0.25) is 0 Å². The lowest BCUT2D eigenvalue weighted by atomic mass is 10.3. The number of rotatable bonds is 4. The molecule has 0 fully saturated rings. The number of nitrogens with one attached hydrogen (secondary N) is 1. The topological polar surface area (TPSA) is 37.8 Å². The molecule has 2 aromatic rings. The first-order valence-corrected chi connectivity index (χ1v) is 5.71. The number of pyridine rings is 1. The minimum absolute atomic E-state index is 0.972. The van der Waals surface area contributed by atoms with Crippen LogP contribution >= 0.6 is 11.3 Å². The molecule has 1 N–H and O–H groups in total. The summed E-state index contributed by atoms with van der Waals surface area (Å²) in [5, 5.41) is 4.29. The van der Waals surface area contributed by atoms with Crippen LogP contribution in [-0.4, -0.2) is 23.6 Å². The summed E-state index contributed by atoms with van der Waals surface area (Å²) in [6.45, 7) is 0.972. The van der Waals surface area contributed by atoms with E-state index in [1.165, 1.54) is 9.88 Å². The number of likely N-dealkylation sites (N-methyl/N-ethyl adjacent to an activating group) is 1. The van der Waals surface area contributed by atoms with Crippen molar-refractivity contribution in [2.75, 3.05) is 13.6 Å². The van der Waals surface area contributed by atoms with Crippen molar-refractivity contribution in [3.05, 3.63) is 35.7 Å². The van der Waals surface area contributed by atoms with Crippen molar-refractivity contribution in [3.63, 3.8) is 0 Å². The molecule has 0 unspecified atom stereocenters. The van der Waals surface area contributed by atoms with Crippen LogP contribution < -0.4 is 5.32 Å². The van der Waals surface area contributed by atoms with Gasteiger partial charge in [-0.2, -0.15) is 0 Å². The number of hydrogen-bond acceptors (Lipinski definition) is 4. The molecule has 0 saturated carbocycles. The number of hydrogen-bond donors (Lipinski definition) is 1. The number of thiazole rings is 1. The van der Waals surface area contributed by atoms with Crippen molar-refractivity contribution in [2.24, 2.45) is 0 Å². The SMILES string of the molecule is CNCCc1ncc(-c2cccnc2)s1. The van der Waals surface area contributed by atoms with Gasteiger partial charge in [0.15, 0.2) is 0 Å². The molecule has 0 atom stereocenters. The Kier molecular flexibility index (Phi) is 3.42. The van der Waals surface area contributed by atoms with Crippen LogP contribution in [0, 0.1) is 0 Å². The van der Waals surface area contributed by atoms with Gasteiger partial charge in [-0.1, -0.05) is 6.07 Å². The number of nitrogens with zero attached hydrogens (tertiary/aromatic N) is 2. The van der Waals surface area contributed by atoms with Crippen LogP contribution in [0.1, 0.15) is 5.01 Å². The zero-order valence-electron chi connectivity index (χ0n) is 8.60. The van der Waals surface area contributed by atoms with Gasteiger partial charge in [0.1, 0.15) is 0 Å². The first kappa shape index (κ1) is 10.3. The monoisotopic (exact) mass is 219 g/mol. The second-order valence-corrected chi connectivity index (χ2v) is 4.33. The third kappa shape index (κ3) is 2.61. The van der Waals surface area contributed by atoms with Crippen LogP contribution in [0.15, 0.2) is 30.7 Å². The molecule has 0 amide bonds. The summed E-state index contributed by atoms with van der Waals surface area (Å²) >= 11 is 1.73. The van der Waals surface area contributed by atoms with E-state index in [0.717, 1.165) is 18.5 Å². The van der Waals surface area contributed by atoms with Gasteiger partial charge in [0.25, 0.3) is 0 Å². The molecule has 0 saturated heterocycles. The van der Waals surface area contributed by atoms with E-state index in [9.17, 15) is 0 Å². The fraction of sp³-hybridized carbons (Fsp3) is 0.273. The lowest BCUT2D eigenvalue weighted by Gasteiger charge is -1.94. The summed E-state index contributed by atoms with van der Waals surface area (Å²) in [4.78, 5) is 9.67. The van der Waals surface area contributed by atoms with E-state index in [1.54, 1.807) is 17.5 Å². The summed E-state index contributed by atoms with van der Waals surface area (Å²) in [5.74, 6) is 0. The van der Waals surface area contributed by atoms with Gasteiger partial charge in [0.05, 0.1) is 9.88 Å². The zero-order chi connectivity index (χ0) is 10.5. The molecule has 0 bridgehead atoms. The van der Waals surface area contributed by atoms with E-state index in [2.05, 4.69) is 21.4 Å². The molecule has 4 heteroatoms. The molecule has 2 heterocycles. The van der Waals surface area contributed by atoms with Crippen LogP contribution in [0.2, 0.25) is 0 Å². The second-order valence-electron chi connectivity index (χ2n) is 3.21. The van der Waals surface area contributed by atoms with Gasteiger partial charge in [-0.15, -0.1) is 11.3 Å². The van der Waals surface area contributed by atoms with E-state index in [4.69, 9.17) is 0 Å². The maximum atomic E-state index is 4.38. The molecule has 0 aliphatic heterocycles. The molecule has 2 aromatic heterocycles. The third-order valence-electron chi connectivity index (χ3n) is 2.09. The van der Waals surface area contributed by atoms with Crippen LogP contribution in [0.3, 0.4) is 0 Å². The van der Waals surface area contributed by atoms with Crippen molar-refractivity contribution in [3.8, 4) is 10.4 Å². The average molecular weight is 219 g/mol. The lowest BCUT2D eigenvalue weighted by Crippen LogP contribution is -2.09. The van der Waals surface area contributed by atoms with Gasteiger partial charge < -0.3 is 5.32 Å². The van der Waals surface area contributed by atoms with Crippen molar-refractivity contribution in [1.82, 2.24) is 15.3 Å².